The van der Waals surface area contributed by atoms with E-state index in [-0.39, 0.29) is 22.3 Å². The van der Waals surface area contributed by atoms with E-state index in [2.05, 4.69) is 10.2 Å². The molecule has 10 heteroatoms. The number of sulfonamides is 1. The van der Waals surface area contributed by atoms with Gasteiger partial charge in [-0.05, 0) is 36.2 Å². The van der Waals surface area contributed by atoms with E-state index in [4.69, 9.17) is 27.9 Å². The zero-order valence-corrected chi connectivity index (χ0v) is 20.4. The van der Waals surface area contributed by atoms with E-state index in [9.17, 15) is 13.2 Å². The molecule has 174 valence electrons. The molecule has 0 bridgehead atoms. The van der Waals surface area contributed by atoms with Gasteiger partial charge in [0, 0.05) is 36.2 Å². The minimum absolute atomic E-state index is 0.236. The number of hydrogen-bond donors (Lipinski definition) is 1. The first kappa shape index (κ1) is 24.8. The molecule has 0 unspecified atom stereocenters. The second-order valence-electron chi connectivity index (χ2n) is 7.79. The molecule has 1 aliphatic rings. The smallest absolute Gasteiger partial charge is 0.243 e. The normalized spacial score (nSPS) is 15.9. The third-order valence-corrected chi connectivity index (χ3v) is 6.87. The Hall–Kier alpha value is -1.84. The first-order valence-electron chi connectivity index (χ1n) is 10.2. The number of amides is 1. The number of carbonyl (C=O) groups is 1. The molecule has 2 aromatic rings. The fourth-order valence-electron chi connectivity index (χ4n) is 3.59. The minimum atomic E-state index is -3.76. The van der Waals surface area contributed by atoms with Crippen molar-refractivity contribution in [3.8, 4) is 0 Å². The lowest BCUT2D eigenvalue weighted by Crippen LogP contribution is -2.47. The average molecular weight is 500 g/mol. The van der Waals surface area contributed by atoms with E-state index >= 15 is 0 Å². The number of benzene rings is 2. The van der Waals surface area contributed by atoms with Gasteiger partial charge in [-0.2, -0.15) is 0 Å². The van der Waals surface area contributed by atoms with Crippen LogP contribution < -0.4 is 9.62 Å². The van der Waals surface area contributed by atoms with Gasteiger partial charge >= 0.3 is 0 Å². The van der Waals surface area contributed by atoms with Crippen LogP contribution in [0.25, 0.3) is 0 Å². The van der Waals surface area contributed by atoms with Gasteiger partial charge < -0.3 is 10.1 Å². The molecule has 0 radical (unpaired) electrons. The van der Waals surface area contributed by atoms with E-state index in [0.29, 0.717) is 0 Å². The quantitative estimate of drug-likeness (QED) is 0.602. The molecular formula is C22H27Cl2N3O4S. The molecule has 1 saturated heterocycles. The number of morpholine rings is 1. The fourth-order valence-corrected chi connectivity index (χ4v) is 5.27. The molecule has 7 nitrogen and oxygen atoms in total. The lowest BCUT2D eigenvalue weighted by molar-refractivity contribution is -0.122. The van der Waals surface area contributed by atoms with Crippen molar-refractivity contribution in [1.29, 1.82) is 0 Å². The Labute approximate surface area is 199 Å². The highest BCUT2D eigenvalue weighted by atomic mass is 35.5. The summed E-state index contributed by atoms with van der Waals surface area (Å²) in [6.07, 6.45) is 1.04. The van der Waals surface area contributed by atoms with Crippen LogP contribution in [-0.2, 0) is 32.6 Å². The average Bonchev–Trinajstić information content (AvgIpc) is 2.72. The summed E-state index contributed by atoms with van der Waals surface area (Å²) in [4.78, 5) is 15.1. The number of rotatable bonds is 8. The van der Waals surface area contributed by atoms with Crippen LogP contribution in [0.5, 0.6) is 0 Å². The van der Waals surface area contributed by atoms with E-state index < -0.39 is 22.0 Å². The summed E-state index contributed by atoms with van der Waals surface area (Å²) in [6.45, 7) is 6.03. The van der Waals surface area contributed by atoms with Crippen LogP contribution in [0.2, 0.25) is 10.0 Å². The van der Waals surface area contributed by atoms with Crippen molar-refractivity contribution < 1.29 is 17.9 Å². The van der Waals surface area contributed by atoms with Crippen molar-refractivity contribution in [1.82, 2.24) is 10.2 Å². The van der Waals surface area contributed by atoms with Gasteiger partial charge in [0.25, 0.3) is 0 Å². The standard InChI is InChI=1S/C22H27Cl2N3O4S/c1-16(27(32(2,29)30)21-12-19(23)11-20(24)13-21)22(28)25-14-17-3-5-18(6-4-17)15-26-7-9-31-10-8-26/h3-6,11-13,16H,7-10,14-15H2,1-2H3,(H,25,28)/t16-/m0/s1. The Balaban J connectivity index is 1.63. The molecule has 1 atom stereocenters. The maximum Gasteiger partial charge on any atom is 0.243 e. The van der Waals surface area contributed by atoms with E-state index in [1.165, 1.54) is 30.7 Å². The predicted molar refractivity (Wildman–Crippen MR) is 128 cm³/mol. The molecule has 3 rings (SSSR count). The molecule has 2 aromatic carbocycles. The van der Waals surface area contributed by atoms with Gasteiger partial charge in [0.2, 0.25) is 15.9 Å². The summed E-state index contributed by atoms with van der Waals surface area (Å²) < 4.78 is 31.2. The maximum atomic E-state index is 12.8. The summed E-state index contributed by atoms with van der Waals surface area (Å²) >= 11 is 12.1. The molecule has 1 heterocycles. The lowest BCUT2D eigenvalue weighted by Gasteiger charge is -2.28. The van der Waals surface area contributed by atoms with Gasteiger partial charge in [-0.15, -0.1) is 0 Å². The summed E-state index contributed by atoms with van der Waals surface area (Å²) in [5.41, 5.74) is 2.35. The zero-order chi connectivity index (χ0) is 23.3. The number of nitrogens with one attached hydrogen (secondary N) is 1. The Morgan fingerprint density at radius 1 is 1.09 bits per heavy atom. The van der Waals surface area contributed by atoms with Crippen molar-refractivity contribution in [2.45, 2.75) is 26.1 Å². The molecule has 1 aliphatic heterocycles. The summed E-state index contributed by atoms with van der Waals surface area (Å²) in [6, 6.07) is 11.4. The molecule has 0 aromatic heterocycles. The van der Waals surface area contributed by atoms with Gasteiger partial charge in [-0.1, -0.05) is 47.5 Å². The molecule has 0 spiro atoms. The van der Waals surface area contributed by atoms with Crippen molar-refractivity contribution in [2.24, 2.45) is 0 Å². The second kappa shape index (κ2) is 10.9. The van der Waals surface area contributed by atoms with Crippen molar-refractivity contribution in [2.75, 3.05) is 36.9 Å². The topological polar surface area (TPSA) is 79.0 Å². The van der Waals surface area contributed by atoms with Crippen LogP contribution in [0.1, 0.15) is 18.1 Å². The van der Waals surface area contributed by atoms with Gasteiger partial charge in [0.15, 0.2) is 0 Å². The van der Waals surface area contributed by atoms with E-state index in [1.54, 1.807) is 0 Å². The van der Waals surface area contributed by atoms with Crippen LogP contribution in [0, 0.1) is 0 Å². The summed E-state index contributed by atoms with van der Waals surface area (Å²) in [5.74, 6) is -0.427. The van der Waals surface area contributed by atoms with Crippen molar-refractivity contribution in [3.05, 3.63) is 63.6 Å². The fraction of sp³-hybridized carbons (Fsp3) is 0.409. The number of nitrogens with zero attached hydrogens (tertiary/aromatic N) is 2. The van der Waals surface area contributed by atoms with Crippen LogP contribution in [0.15, 0.2) is 42.5 Å². The third-order valence-electron chi connectivity index (χ3n) is 5.19. The third kappa shape index (κ3) is 6.83. The molecule has 1 amide bonds. The second-order valence-corrected chi connectivity index (χ2v) is 10.5. The highest BCUT2D eigenvalue weighted by Gasteiger charge is 2.29. The van der Waals surface area contributed by atoms with Crippen LogP contribution in [-0.4, -0.2) is 57.8 Å². The molecular weight excluding hydrogens is 473 g/mol. The number of carbonyl (C=O) groups excluding carboxylic acids is 1. The van der Waals surface area contributed by atoms with Crippen LogP contribution >= 0.6 is 23.2 Å². The van der Waals surface area contributed by atoms with Crippen molar-refractivity contribution >= 4 is 44.8 Å². The number of hydrogen-bond acceptors (Lipinski definition) is 5. The summed E-state index contributed by atoms with van der Waals surface area (Å²) in [7, 11) is -3.76. The minimum Gasteiger partial charge on any atom is -0.379 e. The SMILES string of the molecule is C[C@@H](C(=O)NCc1ccc(CN2CCOCC2)cc1)N(c1cc(Cl)cc(Cl)c1)S(C)(=O)=O. The van der Waals surface area contributed by atoms with Crippen LogP contribution in [0.3, 0.4) is 0 Å². The number of halogens is 2. The van der Waals surface area contributed by atoms with E-state index in [1.807, 2.05) is 24.3 Å². The highest BCUT2D eigenvalue weighted by molar-refractivity contribution is 7.92. The highest BCUT2D eigenvalue weighted by Crippen LogP contribution is 2.28. The molecule has 32 heavy (non-hydrogen) atoms. The Morgan fingerprint density at radius 3 is 2.22 bits per heavy atom. The Kier molecular flexibility index (Phi) is 8.41. The number of ether oxygens (including phenoxy) is 1. The van der Waals surface area contributed by atoms with Gasteiger partial charge in [-0.3, -0.25) is 14.0 Å². The van der Waals surface area contributed by atoms with Crippen LogP contribution in [0.4, 0.5) is 5.69 Å². The van der Waals surface area contributed by atoms with Crippen molar-refractivity contribution in [3.63, 3.8) is 0 Å². The lowest BCUT2D eigenvalue weighted by atomic mass is 10.1. The molecule has 0 aliphatic carbocycles. The molecule has 1 fully saturated rings. The predicted octanol–water partition coefficient (Wildman–Crippen LogP) is 3.30. The maximum absolute atomic E-state index is 12.8. The first-order valence-corrected chi connectivity index (χ1v) is 12.8. The monoisotopic (exact) mass is 499 g/mol. The molecule has 1 N–H and O–H groups in total. The van der Waals surface area contributed by atoms with E-state index in [0.717, 1.165) is 49.0 Å². The summed E-state index contributed by atoms with van der Waals surface area (Å²) in [5, 5.41) is 3.38. The Bertz CT molecular complexity index is 1020. The Morgan fingerprint density at radius 2 is 1.66 bits per heavy atom. The van der Waals surface area contributed by atoms with Gasteiger partial charge in [0.05, 0.1) is 25.2 Å². The first-order chi connectivity index (χ1) is 15.1. The largest absolute Gasteiger partial charge is 0.379 e. The number of anilines is 1. The molecule has 0 saturated carbocycles. The van der Waals surface area contributed by atoms with Gasteiger partial charge in [-0.25, -0.2) is 8.42 Å². The zero-order valence-electron chi connectivity index (χ0n) is 18.1. The van der Waals surface area contributed by atoms with Gasteiger partial charge in [0.1, 0.15) is 6.04 Å².